The van der Waals surface area contributed by atoms with Gasteiger partial charge in [-0.05, 0) is 43.5 Å². The van der Waals surface area contributed by atoms with E-state index in [1.165, 1.54) is 6.07 Å². The first-order chi connectivity index (χ1) is 11.8. The van der Waals surface area contributed by atoms with E-state index < -0.39 is 5.91 Å². The van der Waals surface area contributed by atoms with E-state index in [4.69, 9.17) is 0 Å². The number of benzene rings is 2. The Hall–Kier alpha value is -3.01. The molecule has 0 bridgehead atoms. The molecule has 0 heterocycles. The number of phenolic OH excluding ortho intramolecular Hbond substituents is 2. The lowest BCUT2D eigenvalue weighted by molar-refractivity contribution is 0.0955. The highest BCUT2D eigenvalue weighted by Gasteiger charge is 2.23. The van der Waals surface area contributed by atoms with Crippen LogP contribution in [-0.4, -0.2) is 22.7 Å². The summed E-state index contributed by atoms with van der Waals surface area (Å²) in [6.07, 6.45) is 1.56. The van der Waals surface area contributed by atoms with Gasteiger partial charge in [0.05, 0.1) is 11.1 Å². The van der Waals surface area contributed by atoms with Crippen LogP contribution in [0.3, 0.4) is 0 Å². The average molecular weight is 337 g/mol. The van der Waals surface area contributed by atoms with Crippen LogP contribution < -0.4 is 5.32 Å². The Morgan fingerprint density at radius 3 is 2.52 bits per heavy atom. The van der Waals surface area contributed by atoms with Crippen LogP contribution >= 0.6 is 0 Å². The number of hydrogen-bond acceptors (Lipinski definition) is 3. The predicted molar refractivity (Wildman–Crippen MR) is 102 cm³/mol. The summed E-state index contributed by atoms with van der Waals surface area (Å²) in [6.45, 7) is 13.3. The molecule has 130 valence electrons. The lowest BCUT2D eigenvalue weighted by Crippen LogP contribution is -2.24. The third-order valence-electron chi connectivity index (χ3n) is 4.02. The highest BCUT2D eigenvalue weighted by atomic mass is 16.3. The molecule has 3 N–H and O–H groups in total. The van der Waals surface area contributed by atoms with Gasteiger partial charge in [-0.3, -0.25) is 4.79 Å². The molecule has 2 aromatic carbocycles. The Morgan fingerprint density at radius 2 is 1.92 bits per heavy atom. The fraction of sp³-hybridized carbons (Fsp3) is 0.190. The minimum atomic E-state index is -0.416. The molecule has 2 rings (SSSR count). The summed E-state index contributed by atoms with van der Waals surface area (Å²) in [4.78, 5) is 12.4. The van der Waals surface area contributed by atoms with E-state index in [1.54, 1.807) is 13.0 Å². The van der Waals surface area contributed by atoms with Gasteiger partial charge < -0.3 is 15.5 Å². The number of amides is 1. The summed E-state index contributed by atoms with van der Waals surface area (Å²) in [6, 6.07) is 7.18. The van der Waals surface area contributed by atoms with Gasteiger partial charge in [-0.25, -0.2) is 0 Å². The van der Waals surface area contributed by atoms with Crippen molar-refractivity contribution in [1.82, 2.24) is 5.32 Å². The van der Waals surface area contributed by atoms with Crippen LogP contribution in [0.15, 0.2) is 43.5 Å². The molecule has 0 saturated carbocycles. The average Bonchev–Trinajstić information content (AvgIpc) is 2.52. The molecule has 0 radical (unpaired) electrons. The van der Waals surface area contributed by atoms with Crippen LogP contribution in [0.1, 0.15) is 34.0 Å². The van der Waals surface area contributed by atoms with Gasteiger partial charge in [0.25, 0.3) is 5.91 Å². The van der Waals surface area contributed by atoms with Gasteiger partial charge >= 0.3 is 0 Å². The second kappa shape index (κ2) is 7.26. The molecule has 0 atom stereocenters. The third-order valence-corrected chi connectivity index (χ3v) is 4.02. The van der Waals surface area contributed by atoms with Crippen LogP contribution in [0.2, 0.25) is 0 Å². The summed E-state index contributed by atoms with van der Waals surface area (Å²) in [5.74, 6) is -0.740. The van der Waals surface area contributed by atoms with Crippen molar-refractivity contribution >= 4 is 11.5 Å². The van der Waals surface area contributed by atoms with Crippen molar-refractivity contribution < 1.29 is 15.0 Å². The molecule has 0 fully saturated rings. The van der Waals surface area contributed by atoms with Crippen molar-refractivity contribution in [1.29, 1.82) is 0 Å². The molecule has 4 nitrogen and oxygen atoms in total. The molecule has 0 aromatic heterocycles. The van der Waals surface area contributed by atoms with E-state index in [0.29, 0.717) is 11.1 Å². The third kappa shape index (κ3) is 3.58. The zero-order valence-electron chi connectivity index (χ0n) is 14.8. The number of carbonyl (C=O) groups excluding carboxylic acids is 1. The Kier molecular flexibility index (Phi) is 5.32. The summed E-state index contributed by atoms with van der Waals surface area (Å²) in [7, 11) is 0. The highest BCUT2D eigenvalue weighted by Crippen LogP contribution is 2.44. The maximum Gasteiger partial charge on any atom is 0.255 e. The van der Waals surface area contributed by atoms with Gasteiger partial charge in [0.1, 0.15) is 11.5 Å². The SMILES string of the molecule is C=CCNC(=O)c1c(C)cc(O)c(-c2cc(C)ccc2C(=C)C)c1O. The number of hydrogen-bond donors (Lipinski definition) is 3. The molecular formula is C21H23NO3. The van der Waals surface area contributed by atoms with Gasteiger partial charge in [-0.15, -0.1) is 6.58 Å². The van der Waals surface area contributed by atoms with Crippen molar-refractivity contribution in [2.24, 2.45) is 0 Å². The van der Waals surface area contributed by atoms with Crippen LogP contribution in [-0.2, 0) is 0 Å². The minimum Gasteiger partial charge on any atom is -0.507 e. The largest absolute Gasteiger partial charge is 0.507 e. The highest BCUT2D eigenvalue weighted by molar-refractivity contribution is 6.02. The van der Waals surface area contributed by atoms with Gasteiger partial charge in [0, 0.05) is 6.54 Å². The monoisotopic (exact) mass is 337 g/mol. The van der Waals surface area contributed by atoms with E-state index in [0.717, 1.165) is 16.7 Å². The van der Waals surface area contributed by atoms with E-state index in [2.05, 4.69) is 18.5 Å². The topological polar surface area (TPSA) is 69.6 Å². The number of allylic oxidation sites excluding steroid dienone is 1. The molecule has 0 saturated heterocycles. The number of rotatable bonds is 5. The maximum absolute atomic E-state index is 12.4. The first kappa shape index (κ1) is 18.3. The van der Waals surface area contributed by atoms with Crippen molar-refractivity contribution in [3.63, 3.8) is 0 Å². The second-order valence-corrected chi connectivity index (χ2v) is 6.14. The van der Waals surface area contributed by atoms with Crippen LogP contribution in [0.25, 0.3) is 16.7 Å². The van der Waals surface area contributed by atoms with Crippen molar-refractivity contribution in [3.05, 3.63) is 65.8 Å². The number of phenols is 2. The summed E-state index contributed by atoms with van der Waals surface area (Å²) in [5.41, 5.74) is 4.08. The number of aromatic hydroxyl groups is 2. The van der Waals surface area contributed by atoms with E-state index in [1.807, 2.05) is 32.0 Å². The Balaban J connectivity index is 2.76. The first-order valence-corrected chi connectivity index (χ1v) is 7.99. The lowest BCUT2D eigenvalue weighted by Gasteiger charge is -2.17. The molecule has 1 amide bonds. The maximum atomic E-state index is 12.4. The van der Waals surface area contributed by atoms with Gasteiger partial charge in [-0.2, -0.15) is 0 Å². The molecule has 2 aromatic rings. The summed E-state index contributed by atoms with van der Waals surface area (Å²) >= 11 is 0. The fourth-order valence-electron chi connectivity index (χ4n) is 2.82. The van der Waals surface area contributed by atoms with Crippen molar-refractivity contribution in [2.45, 2.75) is 20.8 Å². The second-order valence-electron chi connectivity index (χ2n) is 6.14. The fourth-order valence-corrected chi connectivity index (χ4v) is 2.82. The first-order valence-electron chi connectivity index (χ1n) is 7.99. The minimum absolute atomic E-state index is 0.0802. The molecule has 0 unspecified atom stereocenters. The van der Waals surface area contributed by atoms with Crippen LogP contribution in [0, 0.1) is 13.8 Å². The molecule has 0 aliphatic carbocycles. The number of nitrogens with one attached hydrogen (secondary N) is 1. The molecule has 0 aliphatic rings. The Bertz CT molecular complexity index is 866. The van der Waals surface area contributed by atoms with Crippen molar-refractivity contribution in [3.8, 4) is 22.6 Å². The number of carbonyl (C=O) groups is 1. The smallest absolute Gasteiger partial charge is 0.255 e. The molecular weight excluding hydrogens is 314 g/mol. The van der Waals surface area contributed by atoms with Crippen LogP contribution in [0.4, 0.5) is 0 Å². The molecule has 25 heavy (non-hydrogen) atoms. The Labute approximate surface area is 148 Å². The van der Waals surface area contributed by atoms with Gasteiger partial charge in [0.15, 0.2) is 0 Å². The normalized spacial score (nSPS) is 10.4. The van der Waals surface area contributed by atoms with Crippen molar-refractivity contribution in [2.75, 3.05) is 6.54 Å². The molecule has 0 spiro atoms. The zero-order valence-corrected chi connectivity index (χ0v) is 14.8. The standard InChI is InChI=1S/C21H23NO3/c1-6-9-22-21(25)18-14(5)11-17(23)19(20(18)24)16-10-13(4)7-8-15(16)12(2)3/h6-8,10-11,23-24H,1-2,9H2,3-5H3,(H,22,25). The number of aryl methyl sites for hydroxylation is 2. The van der Waals surface area contributed by atoms with Gasteiger partial charge in [0.2, 0.25) is 0 Å². The summed E-state index contributed by atoms with van der Waals surface area (Å²) < 4.78 is 0. The van der Waals surface area contributed by atoms with Crippen LogP contribution in [0.5, 0.6) is 11.5 Å². The predicted octanol–water partition coefficient (Wildman–Crippen LogP) is 4.33. The zero-order chi connectivity index (χ0) is 18.7. The molecule has 4 heteroatoms. The van der Waals surface area contributed by atoms with E-state index in [9.17, 15) is 15.0 Å². The van der Waals surface area contributed by atoms with E-state index in [-0.39, 0.29) is 29.2 Å². The molecule has 0 aliphatic heterocycles. The lowest BCUT2D eigenvalue weighted by atomic mass is 9.90. The quantitative estimate of drug-likeness (QED) is 0.711. The van der Waals surface area contributed by atoms with Gasteiger partial charge in [-0.1, -0.05) is 42.0 Å². The summed E-state index contributed by atoms with van der Waals surface area (Å²) in [5, 5.41) is 23.9. The Morgan fingerprint density at radius 1 is 1.24 bits per heavy atom. The van der Waals surface area contributed by atoms with E-state index >= 15 is 0 Å².